The highest BCUT2D eigenvalue weighted by molar-refractivity contribution is 5.29. The molecule has 0 bridgehead atoms. The van der Waals surface area contributed by atoms with Crippen LogP contribution < -0.4 is 10.5 Å². The first-order valence-electron chi connectivity index (χ1n) is 7.59. The molecule has 0 spiro atoms. The van der Waals surface area contributed by atoms with Crippen LogP contribution in [0, 0.1) is 5.92 Å². The molecule has 0 radical (unpaired) electrons. The van der Waals surface area contributed by atoms with Gasteiger partial charge in [0.15, 0.2) is 0 Å². The first kappa shape index (κ1) is 16.2. The van der Waals surface area contributed by atoms with Gasteiger partial charge in [0, 0.05) is 12.6 Å². The number of hydrogen-bond donors (Lipinski definition) is 1. The van der Waals surface area contributed by atoms with E-state index in [9.17, 15) is 8.78 Å². The van der Waals surface area contributed by atoms with E-state index in [0.717, 1.165) is 24.6 Å². The third-order valence-corrected chi connectivity index (χ3v) is 4.21. The van der Waals surface area contributed by atoms with Gasteiger partial charge in [-0.25, -0.2) is 0 Å². The summed E-state index contributed by atoms with van der Waals surface area (Å²) in [7, 11) is 0. The summed E-state index contributed by atoms with van der Waals surface area (Å²) >= 11 is 0. The fourth-order valence-corrected chi connectivity index (χ4v) is 2.96. The molecule has 1 saturated heterocycles. The number of halogens is 2. The number of alkyl halides is 2. The molecule has 118 valence electrons. The van der Waals surface area contributed by atoms with Gasteiger partial charge in [-0.05, 0) is 56.0 Å². The third kappa shape index (κ3) is 4.64. The van der Waals surface area contributed by atoms with Gasteiger partial charge in [0.05, 0.1) is 0 Å². The van der Waals surface area contributed by atoms with Crippen LogP contribution in [0.3, 0.4) is 0 Å². The van der Waals surface area contributed by atoms with Crippen molar-refractivity contribution in [1.29, 1.82) is 0 Å². The average molecular weight is 298 g/mol. The molecule has 21 heavy (non-hydrogen) atoms. The Bertz CT molecular complexity index is 425. The van der Waals surface area contributed by atoms with E-state index < -0.39 is 6.61 Å². The van der Waals surface area contributed by atoms with Gasteiger partial charge in [-0.15, -0.1) is 0 Å². The number of rotatable bonds is 5. The van der Waals surface area contributed by atoms with E-state index in [1.54, 1.807) is 12.1 Å². The van der Waals surface area contributed by atoms with Gasteiger partial charge in [-0.1, -0.05) is 19.1 Å². The summed E-state index contributed by atoms with van der Waals surface area (Å²) in [5, 5.41) is 0. The van der Waals surface area contributed by atoms with Gasteiger partial charge >= 0.3 is 6.61 Å². The second-order valence-corrected chi connectivity index (χ2v) is 5.77. The number of hydrogen-bond acceptors (Lipinski definition) is 3. The maximum absolute atomic E-state index is 12.2. The van der Waals surface area contributed by atoms with E-state index in [1.807, 2.05) is 12.1 Å². The smallest absolute Gasteiger partial charge is 0.387 e. The van der Waals surface area contributed by atoms with Crippen LogP contribution in [-0.2, 0) is 0 Å². The highest BCUT2D eigenvalue weighted by Crippen LogP contribution is 2.27. The van der Waals surface area contributed by atoms with E-state index >= 15 is 0 Å². The molecular weight excluding hydrogens is 274 g/mol. The van der Waals surface area contributed by atoms with Crippen LogP contribution in [0.15, 0.2) is 24.3 Å². The van der Waals surface area contributed by atoms with Crippen LogP contribution in [0.4, 0.5) is 8.78 Å². The Morgan fingerprint density at radius 3 is 2.57 bits per heavy atom. The quantitative estimate of drug-likeness (QED) is 0.905. The van der Waals surface area contributed by atoms with Crippen LogP contribution in [0.25, 0.3) is 0 Å². The molecule has 1 aromatic rings. The molecule has 1 aromatic carbocycles. The zero-order valence-electron chi connectivity index (χ0n) is 12.5. The second-order valence-electron chi connectivity index (χ2n) is 5.77. The Balaban J connectivity index is 2.05. The molecule has 5 heteroatoms. The standard InChI is InChI=1S/C16H24F2N2O/c1-12-3-2-9-20(10-8-12)15(11-19)13-4-6-14(7-5-13)21-16(17)18/h4-7,12,15-16H,2-3,8-11,19H2,1H3. The minimum Gasteiger partial charge on any atom is -0.435 e. The molecule has 1 aliphatic heterocycles. The predicted molar refractivity (Wildman–Crippen MR) is 79.5 cm³/mol. The Morgan fingerprint density at radius 1 is 1.24 bits per heavy atom. The number of likely N-dealkylation sites (tertiary alicyclic amines) is 1. The number of ether oxygens (including phenoxy) is 1. The molecule has 1 heterocycles. The molecule has 2 atom stereocenters. The van der Waals surface area contributed by atoms with Crippen molar-refractivity contribution in [3.05, 3.63) is 29.8 Å². The lowest BCUT2D eigenvalue weighted by atomic mass is 10.0. The Hall–Kier alpha value is -1.20. The van der Waals surface area contributed by atoms with E-state index in [1.165, 1.54) is 19.3 Å². The predicted octanol–water partition coefficient (Wildman–Crippen LogP) is 3.41. The summed E-state index contributed by atoms with van der Waals surface area (Å²) in [5.41, 5.74) is 7.01. The van der Waals surface area contributed by atoms with Crippen molar-refractivity contribution >= 4 is 0 Å². The molecule has 0 amide bonds. The summed E-state index contributed by atoms with van der Waals surface area (Å²) in [6, 6.07) is 7.00. The first-order valence-corrected chi connectivity index (χ1v) is 7.59. The lowest BCUT2D eigenvalue weighted by molar-refractivity contribution is -0.0498. The molecule has 2 N–H and O–H groups in total. The van der Waals surface area contributed by atoms with E-state index in [4.69, 9.17) is 5.73 Å². The van der Waals surface area contributed by atoms with Crippen molar-refractivity contribution in [2.75, 3.05) is 19.6 Å². The molecule has 2 unspecified atom stereocenters. The number of nitrogens with zero attached hydrogens (tertiary/aromatic N) is 1. The van der Waals surface area contributed by atoms with E-state index in [-0.39, 0.29) is 11.8 Å². The van der Waals surface area contributed by atoms with Crippen molar-refractivity contribution < 1.29 is 13.5 Å². The molecule has 1 fully saturated rings. The summed E-state index contributed by atoms with van der Waals surface area (Å²) in [6.07, 6.45) is 3.63. The van der Waals surface area contributed by atoms with Crippen molar-refractivity contribution in [3.8, 4) is 5.75 Å². The van der Waals surface area contributed by atoms with E-state index in [2.05, 4.69) is 16.6 Å². The molecular formula is C16H24F2N2O. The molecule has 1 aliphatic rings. The van der Waals surface area contributed by atoms with Gasteiger partial charge in [0.1, 0.15) is 5.75 Å². The van der Waals surface area contributed by atoms with Gasteiger partial charge in [0.2, 0.25) is 0 Å². The fourth-order valence-electron chi connectivity index (χ4n) is 2.96. The van der Waals surface area contributed by atoms with Gasteiger partial charge in [-0.3, -0.25) is 4.90 Å². The summed E-state index contributed by atoms with van der Waals surface area (Å²) in [6.45, 7) is 2.12. The van der Waals surface area contributed by atoms with Crippen LogP contribution in [-0.4, -0.2) is 31.1 Å². The summed E-state index contributed by atoms with van der Waals surface area (Å²) in [4.78, 5) is 2.41. The second kappa shape index (κ2) is 7.71. The Kier molecular flexibility index (Phi) is 5.94. The van der Waals surface area contributed by atoms with Crippen LogP contribution in [0.5, 0.6) is 5.75 Å². The summed E-state index contributed by atoms with van der Waals surface area (Å²) in [5.74, 6) is 0.948. The fraction of sp³-hybridized carbons (Fsp3) is 0.625. The van der Waals surface area contributed by atoms with Gasteiger partial charge in [-0.2, -0.15) is 8.78 Å². The molecule has 2 rings (SSSR count). The number of nitrogens with two attached hydrogens (primary N) is 1. The Morgan fingerprint density at radius 2 is 1.95 bits per heavy atom. The van der Waals surface area contributed by atoms with Crippen molar-refractivity contribution in [3.63, 3.8) is 0 Å². The number of benzene rings is 1. The van der Waals surface area contributed by atoms with E-state index in [0.29, 0.717) is 6.54 Å². The van der Waals surface area contributed by atoms with Crippen molar-refractivity contribution in [1.82, 2.24) is 4.90 Å². The monoisotopic (exact) mass is 298 g/mol. The zero-order chi connectivity index (χ0) is 15.2. The molecule has 0 aliphatic carbocycles. The Labute approximate surface area is 125 Å². The maximum atomic E-state index is 12.2. The van der Waals surface area contributed by atoms with Gasteiger partial charge < -0.3 is 10.5 Å². The molecule has 3 nitrogen and oxygen atoms in total. The van der Waals surface area contributed by atoms with Crippen LogP contribution in [0.2, 0.25) is 0 Å². The first-order chi connectivity index (χ1) is 10.1. The average Bonchev–Trinajstić information content (AvgIpc) is 2.66. The van der Waals surface area contributed by atoms with Crippen LogP contribution in [0.1, 0.15) is 37.8 Å². The lowest BCUT2D eigenvalue weighted by Crippen LogP contribution is -2.34. The largest absolute Gasteiger partial charge is 0.435 e. The third-order valence-electron chi connectivity index (χ3n) is 4.21. The van der Waals surface area contributed by atoms with Crippen LogP contribution >= 0.6 is 0 Å². The molecule has 0 aromatic heterocycles. The van der Waals surface area contributed by atoms with Gasteiger partial charge in [0.25, 0.3) is 0 Å². The summed E-state index contributed by atoms with van der Waals surface area (Å²) < 4.78 is 28.7. The highest BCUT2D eigenvalue weighted by atomic mass is 19.3. The minimum atomic E-state index is -2.78. The lowest BCUT2D eigenvalue weighted by Gasteiger charge is -2.30. The minimum absolute atomic E-state index is 0.149. The zero-order valence-corrected chi connectivity index (χ0v) is 12.5. The van der Waals surface area contributed by atoms with Crippen molar-refractivity contribution in [2.45, 2.75) is 38.8 Å². The highest BCUT2D eigenvalue weighted by Gasteiger charge is 2.22. The normalized spacial score (nSPS) is 22.0. The topological polar surface area (TPSA) is 38.5 Å². The SMILES string of the molecule is CC1CCCN(C(CN)c2ccc(OC(F)F)cc2)CC1. The molecule has 0 saturated carbocycles. The van der Waals surface area contributed by atoms with Crippen molar-refractivity contribution in [2.24, 2.45) is 11.7 Å². The maximum Gasteiger partial charge on any atom is 0.387 e.